The molecule has 0 amide bonds. The molecule has 2 nitrogen and oxygen atoms in total. The van der Waals surface area contributed by atoms with Crippen LogP contribution in [-0.4, -0.2) is 5.16 Å². The molecule has 1 aliphatic carbocycles. The van der Waals surface area contributed by atoms with E-state index in [0.717, 1.165) is 24.3 Å². The highest BCUT2D eigenvalue weighted by Gasteiger charge is 2.16. The second-order valence-electron chi connectivity index (χ2n) is 3.23. The fourth-order valence-corrected chi connectivity index (χ4v) is 1.94. The lowest BCUT2D eigenvalue weighted by Gasteiger charge is -1.94. The van der Waals surface area contributed by atoms with Crippen molar-refractivity contribution in [2.75, 3.05) is 0 Å². The average molecular weight is 186 g/mol. The van der Waals surface area contributed by atoms with Gasteiger partial charge in [-0.05, 0) is 19.3 Å². The first kappa shape index (κ1) is 8.11. The van der Waals surface area contributed by atoms with Gasteiger partial charge in [-0.2, -0.15) is 0 Å². The number of fused-ring (bicyclic) bond motifs is 1. The predicted octanol–water partition coefficient (Wildman–Crippen LogP) is 2.68. The standard InChI is InChI=1S/C9H12ClNO/c10-6-8-7-4-2-1-3-5-9(7)12-11-8/h1-6H2. The number of aromatic nitrogens is 1. The molecule has 2 rings (SSSR count). The highest BCUT2D eigenvalue weighted by Crippen LogP contribution is 2.24. The summed E-state index contributed by atoms with van der Waals surface area (Å²) in [6.45, 7) is 0. The Labute approximate surface area is 76.9 Å². The fraction of sp³-hybridized carbons (Fsp3) is 0.667. The van der Waals surface area contributed by atoms with Gasteiger partial charge in [0.05, 0.1) is 5.88 Å². The third-order valence-electron chi connectivity index (χ3n) is 2.41. The van der Waals surface area contributed by atoms with Crippen LogP contribution in [0.3, 0.4) is 0 Å². The van der Waals surface area contributed by atoms with Crippen molar-refractivity contribution in [2.45, 2.75) is 38.0 Å². The van der Waals surface area contributed by atoms with Crippen LogP contribution in [0.1, 0.15) is 36.3 Å². The summed E-state index contributed by atoms with van der Waals surface area (Å²) in [5, 5.41) is 3.95. The van der Waals surface area contributed by atoms with E-state index >= 15 is 0 Å². The van der Waals surface area contributed by atoms with Crippen molar-refractivity contribution in [1.29, 1.82) is 0 Å². The van der Waals surface area contributed by atoms with E-state index in [1.807, 2.05) is 0 Å². The number of rotatable bonds is 1. The third-order valence-corrected chi connectivity index (χ3v) is 2.66. The van der Waals surface area contributed by atoms with Crippen molar-refractivity contribution >= 4 is 11.6 Å². The van der Waals surface area contributed by atoms with E-state index in [4.69, 9.17) is 16.1 Å². The van der Waals surface area contributed by atoms with Crippen molar-refractivity contribution in [3.05, 3.63) is 17.0 Å². The lowest BCUT2D eigenvalue weighted by atomic mass is 10.1. The van der Waals surface area contributed by atoms with E-state index < -0.39 is 0 Å². The molecule has 3 heteroatoms. The summed E-state index contributed by atoms with van der Waals surface area (Å²) in [6.07, 6.45) is 5.91. The van der Waals surface area contributed by atoms with Crippen LogP contribution in [0.15, 0.2) is 4.52 Å². The molecule has 0 N–H and O–H groups in total. The van der Waals surface area contributed by atoms with Gasteiger partial charge in [-0.3, -0.25) is 0 Å². The zero-order valence-corrected chi connectivity index (χ0v) is 7.73. The predicted molar refractivity (Wildman–Crippen MR) is 47.3 cm³/mol. The molecule has 66 valence electrons. The Bertz CT molecular complexity index is 269. The number of aryl methyl sites for hydroxylation is 1. The fourth-order valence-electron chi connectivity index (χ4n) is 1.73. The molecule has 1 heterocycles. The van der Waals surface area contributed by atoms with E-state index in [1.54, 1.807) is 0 Å². The second-order valence-corrected chi connectivity index (χ2v) is 3.49. The molecule has 0 bridgehead atoms. The quantitative estimate of drug-likeness (QED) is 0.497. The maximum Gasteiger partial charge on any atom is 0.140 e. The molecule has 1 aromatic rings. The van der Waals surface area contributed by atoms with Crippen LogP contribution in [0.4, 0.5) is 0 Å². The smallest absolute Gasteiger partial charge is 0.140 e. The summed E-state index contributed by atoms with van der Waals surface area (Å²) in [5.41, 5.74) is 2.23. The molecule has 0 saturated heterocycles. The maximum atomic E-state index is 5.74. The normalized spacial score (nSPS) is 17.1. The molecule has 0 aliphatic heterocycles. The molecule has 0 atom stereocenters. The molecule has 0 unspecified atom stereocenters. The Morgan fingerprint density at radius 3 is 2.92 bits per heavy atom. The second kappa shape index (κ2) is 3.48. The highest BCUT2D eigenvalue weighted by molar-refractivity contribution is 6.17. The average Bonchev–Trinajstić information content (AvgIpc) is 2.33. The molecular weight excluding hydrogens is 174 g/mol. The van der Waals surface area contributed by atoms with Gasteiger partial charge in [-0.25, -0.2) is 0 Å². The van der Waals surface area contributed by atoms with E-state index in [0.29, 0.717) is 5.88 Å². The van der Waals surface area contributed by atoms with Crippen molar-refractivity contribution < 1.29 is 4.52 Å². The first-order chi connectivity index (χ1) is 5.92. The van der Waals surface area contributed by atoms with Gasteiger partial charge in [-0.1, -0.05) is 11.6 Å². The van der Waals surface area contributed by atoms with Crippen LogP contribution < -0.4 is 0 Å². The van der Waals surface area contributed by atoms with Gasteiger partial charge in [-0.15, -0.1) is 11.6 Å². The molecular formula is C9H12ClNO. The largest absolute Gasteiger partial charge is 0.361 e. The molecule has 0 saturated carbocycles. The zero-order chi connectivity index (χ0) is 8.39. The number of hydrogen-bond donors (Lipinski definition) is 0. The van der Waals surface area contributed by atoms with Crippen LogP contribution in [0.5, 0.6) is 0 Å². The molecule has 1 aliphatic rings. The summed E-state index contributed by atoms with van der Waals surface area (Å²) in [5.74, 6) is 1.56. The highest BCUT2D eigenvalue weighted by atomic mass is 35.5. The van der Waals surface area contributed by atoms with Gasteiger partial charge in [0.2, 0.25) is 0 Å². The molecule has 12 heavy (non-hydrogen) atoms. The van der Waals surface area contributed by atoms with Crippen LogP contribution in [0.2, 0.25) is 0 Å². The van der Waals surface area contributed by atoms with Crippen LogP contribution in [0.25, 0.3) is 0 Å². The van der Waals surface area contributed by atoms with Gasteiger partial charge in [0.15, 0.2) is 0 Å². The van der Waals surface area contributed by atoms with Crippen LogP contribution in [0, 0.1) is 0 Å². The zero-order valence-electron chi connectivity index (χ0n) is 6.98. The number of alkyl halides is 1. The van der Waals surface area contributed by atoms with Crippen molar-refractivity contribution in [3.8, 4) is 0 Å². The van der Waals surface area contributed by atoms with Crippen molar-refractivity contribution in [2.24, 2.45) is 0 Å². The summed E-state index contributed by atoms with van der Waals surface area (Å²) >= 11 is 5.74. The molecule has 0 fully saturated rings. The minimum absolute atomic E-state index is 0.485. The monoisotopic (exact) mass is 185 g/mol. The minimum atomic E-state index is 0.485. The lowest BCUT2D eigenvalue weighted by molar-refractivity contribution is 0.376. The van der Waals surface area contributed by atoms with E-state index in [-0.39, 0.29) is 0 Å². The Kier molecular flexibility index (Phi) is 2.35. The van der Waals surface area contributed by atoms with Gasteiger partial charge < -0.3 is 4.52 Å². The summed E-state index contributed by atoms with van der Waals surface area (Å²) in [7, 11) is 0. The van der Waals surface area contributed by atoms with E-state index in [1.165, 1.54) is 24.8 Å². The van der Waals surface area contributed by atoms with Crippen LogP contribution in [-0.2, 0) is 18.7 Å². The maximum absolute atomic E-state index is 5.74. The third kappa shape index (κ3) is 1.36. The SMILES string of the molecule is ClCc1noc2c1CCCCC2. The molecule has 0 aromatic carbocycles. The Hall–Kier alpha value is -0.500. The molecule has 0 radical (unpaired) electrons. The number of halogens is 1. The first-order valence-corrected chi connectivity index (χ1v) is 4.97. The summed E-state index contributed by atoms with van der Waals surface area (Å²) in [4.78, 5) is 0. The Balaban J connectivity index is 2.32. The number of hydrogen-bond acceptors (Lipinski definition) is 2. The van der Waals surface area contributed by atoms with Crippen molar-refractivity contribution in [3.63, 3.8) is 0 Å². The van der Waals surface area contributed by atoms with Gasteiger partial charge in [0.1, 0.15) is 11.5 Å². The van der Waals surface area contributed by atoms with E-state index in [9.17, 15) is 0 Å². The van der Waals surface area contributed by atoms with Gasteiger partial charge >= 0.3 is 0 Å². The van der Waals surface area contributed by atoms with Gasteiger partial charge in [0.25, 0.3) is 0 Å². The van der Waals surface area contributed by atoms with Crippen LogP contribution >= 0.6 is 11.6 Å². The van der Waals surface area contributed by atoms with Gasteiger partial charge in [0, 0.05) is 12.0 Å². The molecule has 0 spiro atoms. The van der Waals surface area contributed by atoms with E-state index in [2.05, 4.69) is 5.16 Å². The first-order valence-electron chi connectivity index (χ1n) is 4.44. The minimum Gasteiger partial charge on any atom is -0.361 e. The Morgan fingerprint density at radius 1 is 1.25 bits per heavy atom. The topological polar surface area (TPSA) is 26.0 Å². The summed E-state index contributed by atoms with van der Waals surface area (Å²) in [6, 6.07) is 0. The lowest BCUT2D eigenvalue weighted by Crippen LogP contribution is -1.89. The van der Waals surface area contributed by atoms with Crippen molar-refractivity contribution in [1.82, 2.24) is 5.16 Å². The summed E-state index contributed by atoms with van der Waals surface area (Å²) < 4.78 is 5.22. The molecule has 1 aromatic heterocycles. The number of nitrogens with zero attached hydrogens (tertiary/aromatic N) is 1. The Morgan fingerprint density at radius 2 is 2.08 bits per heavy atom.